The van der Waals surface area contributed by atoms with Gasteiger partial charge in [-0.05, 0) is 17.6 Å². The molecule has 2 aromatic rings. The Morgan fingerprint density at radius 1 is 1.50 bits per heavy atom. The summed E-state index contributed by atoms with van der Waals surface area (Å²) in [6.07, 6.45) is 3.77. The van der Waals surface area contributed by atoms with Crippen LogP contribution in [0.2, 0.25) is 0 Å². The molecule has 0 aliphatic rings. The summed E-state index contributed by atoms with van der Waals surface area (Å²) in [5, 5.41) is 5.83. The third-order valence-corrected chi connectivity index (χ3v) is 1.76. The molecule has 0 amide bonds. The van der Waals surface area contributed by atoms with Gasteiger partial charge in [-0.15, -0.1) is 5.10 Å². The summed E-state index contributed by atoms with van der Waals surface area (Å²) in [7, 11) is 0. The van der Waals surface area contributed by atoms with Gasteiger partial charge >= 0.3 is 0 Å². The van der Waals surface area contributed by atoms with E-state index in [2.05, 4.69) is 14.6 Å². The normalized spacial score (nSPS) is 10.0. The van der Waals surface area contributed by atoms with Crippen molar-refractivity contribution in [3.05, 3.63) is 23.8 Å². The molecule has 0 aliphatic carbocycles. The van der Waals surface area contributed by atoms with E-state index in [1.54, 1.807) is 0 Å². The third-order valence-electron chi connectivity index (χ3n) is 1.25. The van der Waals surface area contributed by atoms with Crippen molar-refractivity contribution >= 4 is 11.5 Å². The Bertz CT molecular complexity index is 252. The largest absolute Gasteiger partial charge is 0.367 e. The van der Waals surface area contributed by atoms with Crippen molar-refractivity contribution in [1.29, 1.82) is 0 Å². The lowest BCUT2D eigenvalue weighted by atomic mass is 10.3. The van der Waals surface area contributed by atoms with Gasteiger partial charge in [-0.3, -0.25) is 0 Å². The van der Waals surface area contributed by atoms with E-state index in [4.69, 9.17) is 0 Å². The second-order valence-electron chi connectivity index (χ2n) is 1.89. The lowest BCUT2D eigenvalue weighted by Gasteiger charge is -1.82. The molecule has 2 aromatic heterocycles. The highest BCUT2D eigenvalue weighted by atomic mass is 32.1. The highest BCUT2D eigenvalue weighted by Gasteiger charge is 1.98. The minimum absolute atomic E-state index is 0.936. The minimum atomic E-state index is 0.936. The van der Waals surface area contributed by atoms with Crippen LogP contribution in [-0.2, 0) is 0 Å². The van der Waals surface area contributed by atoms with Crippen molar-refractivity contribution in [2.45, 2.75) is 0 Å². The highest BCUT2D eigenvalue weighted by molar-refractivity contribution is 7.03. The molecule has 2 heterocycles. The molecule has 0 radical (unpaired) electrons. The zero-order valence-corrected chi connectivity index (χ0v) is 5.93. The molecule has 0 fully saturated rings. The van der Waals surface area contributed by atoms with Crippen LogP contribution in [0.4, 0.5) is 0 Å². The number of nitrogens with one attached hydrogen (secondary N) is 1. The maximum Gasteiger partial charge on any atom is 0.107 e. The first-order chi connectivity index (χ1) is 4.97. The molecule has 0 saturated carbocycles. The van der Waals surface area contributed by atoms with Crippen LogP contribution in [0, 0.1) is 0 Å². The van der Waals surface area contributed by atoms with Crippen LogP contribution in [0.5, 0.6) is 0 Å². The van der Waals surface area contributed by atoms with Crippen LogP contribution in [0.25, 0.3) is 11.3 Å². The molecule has 3 nitrogen and oxygen atoms in total. The first kappa shape index (κ1) is 5.61. The molecule has 1 N–H and O–H groups in total. The number of nitrogens with zero attached hydrogens (tertiary/aromatic N) is 2. The van der Waals surface area contributed by atoms with E-state index < -0.39 is 0 Å². The van der Waals surface area contributed by atoms with Gasteiger partial charge in [-0.2, -0.15) is 0 Å². The quantitative estimate of drug-likeness (QED) is 0.671. The summed E-state index contributed by atoms with van der Waals surface area (Å²) < 4.78 is 3.76. The number of aromatic amines is 1. The molecule has 0 aliphatic heterocycles. The Morgan fingerprint density at radius 3 is 3.10 bits per heavy atom. The Kier molecular flexibility index (Phi) is 1.25. The number of rotatable bonds is 1. The molecular formula is C6H5N3S. The van der Waals surface area contributed by atoms with E-state index in [0.717, 1.165) is 11.3 Å². The summed E-state index contributed by atoms with van der Waals surface area (Å²) in [6.45, 7) is 0. The zero-order chi connectivity index (χ0) is 6.81. The standard InChI is InChI=1S/C6H5N3S/c1-2-7-3-5(1)6-4-10-9-8-6/h1-4,7H. The molecule has 0 aromatic carbocycles. The smallest absolute Gasteiger partial charge is 0.107 e. The van der Waals surface area contributed by atoms with Crippen LogP contribution >= 0.6 is 11.5 Å². The molecule has 0 saturated heterocycles. The molecule has 10 heavy (non-hydrogen) atoms. The maximum absolute atomic E-state index is 3.91. The fraction of sp³-hybridized carbons (Fsp3) is 0. The molecule has 4 heteroatoms. The van der Waals surface area contributed by atoms with Gasteiger partial charge < -0.3 is 4.98 Å². The second kappa shape index (κ2) is 2.22. The molecule has 0 atom stereocenters. The predicted molar refractivity (Wildman–Crippen MR) is 39.7 cm³/mol. The van der Waals surface area contributed by atoms with Gasteiger partial charge in [0.25, 0.3) is 0 Å². The first-order valence-electron chi connectivity index (χ1n) is 2.87. The van der Waals surface area contributed by atoms with Crippen LogP contribution in [-0.4, -0.2) is 14.6 Å². The summed E-state index contributed by atoms with van der Waals surface area (Å²) in [5.41, 5.74) is 2.03. The maximum atomic E-state index is 3.91. The topological polar surface area (TPSA) is 41.6 Å². The number of H-pyrrole nitrogens is 1. The highest BCUT2D eigenvalue weighted by Crippen LogP contribution is 2.15. The van der Waals surface area contributed by atoms with E-state index in [-0.39, 0.29) is 0 Å². The third kappa shape index (κ3) is 0.823. The average molecular weight is 151 g/mol. The molecular weight excluding hydrogens is 146 g/mol. The Morgan fingerprint density at radius 2 is 2.50 bits per heavy atom. The molecule has 0 bridgehead atoms. The number of hydrogen-bond donors (Lipinski definition) is 1. The van der Waals surface area contributed by atoms with Gasteiger partial charge in [0.15, 0.2) is 0 Å². The Labute approximate surface area is 61.9 Å². The van der Waals surface area contributed by atoms with Crippen molar-refractivity contribution in [3.8, 4) is 11.3 Å². The van der Waals surface area contributed by atoms with Gasteiger partial charge in [0, 0.05) is 23.3 Å². The number of aromatic nitrogens is 3. The van der Waals surface area contributed by atoms with Gasteiger partial charge in [-0.25, -0.2) is 0 Å². The van der Waals surface area contributed by atoms with E-state index >= 15 is 0 Å². The second-order valence-corrected chi connectivity index (χ2v) is 2.50. The van der Waals surface area contributed by atoms with Crippen LogP contribution in [0.3, 0.4) is 0 Å². The van der Waals surface area contributed by atoms with Gasteiger partial charge in [0.05, 0.1) is 0 Å². The van der Waals surface area contributed by atoms with Crippen LogP contribution < -0.4 is 0 Å². The van der Waals surface area contributed by atoms with Gasteiger partial charge in [-0.1, -0.05) is 4.49 Å². The summed E-state index contributed by atoms with van der Waals surface area (Å²) >= 11 is 1.36. The summed E-state index contributed by atoms with van der Waals surface area (Å²) in [6, 6.07) is 1.97. The van der Waals surface area contributed by atoms with Crippen LogP contribution in [0.15, 0.2) is 23.8 Å². The first-order valence-corrected chi connectivity index (χ1v) is 3.71. The van der Waals surface area contributed by atoms with Crippen LogP contribution in [0.1, 0.15) is 0 Å². The average Bonchev–Trinajstić information content (AvgIpc) is 2.59. The van der Waals surface area contributed by atoms with Crippen molar-refractivity contribution in [1.82, 2.24) is 14.6 Å². The van der Waals surface area contributed by atoms with Crippen molar-refractivity contribution in [2.24, 2.45) is 0 Å². The lowest BCUT2D eigenvalue weighted by molar-refractivity contribution is 1.16. The fourth-order valence-corrected chi connectivity index (χ4v) is 1.24. The zero-order valence-electron chi connectivity index (χ0n) is 5.11. The fourth-order valence-electron chi connectivity index (χ4n) is 0.774. The van der Waals surface area contributed by atoms with E-state index in [1.165, 1.54) is 11.5 Å². The summed E-state index contributed by atoms with van der Waals surface area (Å²) in [4.78, 5) is 2.95. The van der Waals surface area contributed by atoms with Gasteiger partial charge in [0.2, 0.25) is 0 Å². The van der Waals surface area contributed by atoms with E-state index in [0.29, 0.717) is 0 Å². The monoisotopic (exact) mass is 151 g/mol. The summed E-state index contributed by atoms with van der Waals surface area (Å²) in [5.74, 6) is 0. The van der Waals surface area contributed by atoms with Crippen molar-refractivity contribution in [3.63, 3.8) is 0 Å². The predicted octanol–water partition coefficient (Wildman–Crippen LogP) is 1.53. The van der Waals surface area contributed by atoms with Gasteiger partial charge in [0.1, 0.15) is 5.69 Å². The number of hydrogen-bond acceptors (Lipinski definition) is 3. The molecule has 0 unspecified atom stereocenters. The van der Waals surface area contributed by atoms with Crippen molar-refractivity contribution < 1.29 is 0 Å². The molecule has 2 rings (SSSR count). The minimum Gasteiger partial charge on any atom is -0.367 e. The van der Waals surface area contributed by atoms with E-state index in [9.17, 15) is 0 Å². The SMILES string of the molecule is c1cc(-c2csnn2)c[nH]1. The van der Waals surface area contributed by atoms with E-state index in [1.807, 2.05) is 23.8 Å². The Balaban J connectivity index is 2.48. The Hall–Kier alpha value is -1.16. The molecule has 0 spiro atoms. The lowest BCUT2D eigenvalue weighted by Crippen LogP contribution is -1.71. The molecule has 50 valence electrons. The van der Waals surface area contributed by atoms with Crippen molar-refractivity contribution in [2.75, 3.05) is 0 Å².